The van der Waals surface area contributed by atoms with Gasteiger partial charge in [0.05, 0.1) is 7.11 Å². The van der Waals surface area contributed by atoms with Crippen LogP contribution in [-0.4, -0.2) is 41.9 Å². The summed E-state index contributed by atoms with van der Waals surface area (Å²) in [5, 5.41) is 5.04. The minimum absolute atomic E-state index is 0.00281. The molecular weight excluding hydrogens is 338 g/mol. The van der Waals surface area contributed by atoms with Gasteiger partial charge in [-0.1, -0.05) is 13.8 Å². The number of amides is 2. The van der Waals surface area contributed by atoms with Gasteiger partial charge in [-0.15, -0.1) is 11.3 Å². The largest absolute Gasteiger partial charge is 0.497 e. The fourth-order valence-electron chi connectivity index (χ4n) is 2.20. The van der Waals surface area contributed by atoms with Crippen molar-refractivity contribution >= 4 is 28.3 Å². The third kappa shape index (κ3) is 5.86. The number of anilines is 1. The zero-order valence-electron chi connectivity index (χ0n) is 14.7. The van der Waals surface area contributed by atoms with Gasteiger partial charge in [-0.2, -0.15) is 0 Å². The van der Waals surface area contributed by atoms with Crippen molar-refractivity contribution in [1.29, 1.82) is 0 Å². The predicted octanol–water partition coefficient (Wildman–Crippen LogP) is 3.28. The van der Waals surface area contributed by atoms with Crippen molar-refractivity contribution in [3.63, 3.8) is 0 Å². The second-order valence-corrected chi connectivity index (χ2v) is 6.92. The molecule has 1 N–H and O–H groups in total. The van der Waals surface area contributed by atoms with Crippen LogP contribution in [0, 0.1) is 5.92 Å². The Labute approximate surface area is 151 Å². The number of thiazole rings is 1. The molecule has 0 bridgehead atoms. The second-order valence-electron chi connectivity index (χ2n) is 6.02. The zero-order chi connectivity index (χ0) is 18.2. The summed E-state index contributed by atoms with van der Waals surface area (Å²) < 4.78 is 5.12. The van der Waals surface area contributed by atoms with Crippen molar-refractivity contribution in [3.05, 3.63) is 41.4 Å². The Hall–Kier alpha value is -2.41. The molecule has 0 aliphatic carbocycles. The van der Waals surface area contributed by atoms with Crippen molar-refractivity contribution in [3.8, 4) is 5.75 Å². The molecule has 1 aromatic heterocycles. The van der Waals surface area contributed by atoms with Gasteiger partial charge in [0.1, 0.15) is 12.3 Å². The first-order valence-corrected chi connectivity index (χ1v) is 9.00. The molecule has 0 aliphatic rings. The summed E-state index contributed by atoms with van der Waals surface area (Å²) in [4.78, 5) is 30.6. The van der Waals surface area contributed by atoms with Crippen LogP contribution in [0.2, 0.25) is 0 Å². The Morgan fingerprint density at radius 3 is 2.56 bits per heavy atom. The molecule has 0 radical (unpaired) electrons. The highest BCUT2D eigenvalue weighted by molar-refractivity contribution is 7.13. The summed E-state index contributed by atoms with van der Waals surface area (Å²) in [6.45, 7) is 4.70. The lowest BCUT2D eigenvalue weighted by Crippen LogP contribution is -2.39. The smallest absolute Gasteiger partial charge is 0.254 e. The summed E-state index contributed by atoms with van der Waals surface area (Å²) in [6, 6.07) is 6.90. The molecule has 0 fully saturated rings. The maximum atomic E-state index is 12.8. The molecule has 0 spiro atoms. The first kappa shape index (κ1) is 18.9. The van der Waals surface area contributed by atoms with Gasteiger partial charge in [0.25, 0.3) is 5.91 Å². The van der Waals surface area contributed by atoms with Crippen LogP contribution in [0.1, 0.15) is 30.6 Å². The average Bonchev–Trinajstić information content (AvgIpc) is 3.10. The number of rotatable bonds is 8. The summed E-state index contributed by atoms with van der Waals surface area (Å²) >= 11 is 1.35. The van der Waals surface area contributed by atoms with E-state index in [4.69, 9.17) is 4.74 Å². The van der Waals surface area contributed by atoms with E-state index in [1.165, 1.54) is 11.3 Å². The summed E-state index contributed by atoms with van der Waals surface area (Å²) in [5.41, 5.74) is 0.534. The third-order valence-corrected chi connectivity index (χ3v) is 4.30. The fourth-order valence-corrected chi connectivity index (χ4v) is 2.75. The van der Waals surface area contributed by atoms with E-state index in [0.717, 1.165) is 6.42 Å². The van der Waals surface area contributed by atoms with E-state index in [-0.39, 0.29) is 18.4 Å². The van der Waals surface area contributed by atoms with Crippen molar-refractivity contribution in [1.82, 2.24) is 9.88 Å². The number of nitrogens with zero attached hydrogens (tertiary/aromatic N) is 2. The maximum absolute atomic E-state index is 12.8. The van der Waals surface area contributed by atoms with Crippen molar-refractivity contribution in [2.45, 2.75) is 20.3 Å². The molecule has 2 rings (SSSR count). The van der Waals surface area contributed by atoms with Crippen LogP contribution in [0.4, 0.5) is 5.13 Å². The Kier molecular flexibility index (Phi) is 6.94. The first-order valence-electron chi connectivity index (χ1n) is 8.12. The van der Waals surface area contributed by atoms with Gasteiger partial charge in [-0.3, -0.25) is 9.59 Å². The van der Waals surface area contributed by atoms with Crippen molar-refractivity contribution in [2.75, 3.05) is 25.5 Å². The molecule has 0 unspecified atom stereocenters. The van der Waals surface area contributed by atoms with Gasteiger partial charge in [-0.05, 0) is 36.6 Å². The minimum atomic E-state index is -0.249. The van der Waals surface area contributed by atoms with Crippen LogP contribution in [0.3, 0.4) is 0 Å². The van der Waals surface area contributed by atoms with Gasteiger partial charge in [0.15, 0.2) is 5.13 Å². The Bertz CT molecular complexity index is 684. The zero-order valence-corrected chi connectivity index (χ0v) is 15.5. The number of benzene rings is 1. The number of carbonyl (C=O) groups excluding carboxylic acids is 2. The van der Waals surface area contributed by atoms with Gasteiger partial charge in [-0.25, -0.2) is 4.98 Å². The molecular formula is C18H23N3O3S. The Morgan fingerprint density at radius 2 is 2.00 bits per heavy atom. The SMILES string of the molecule is COc1ccc(C(=O)N(CCC(C)C)CC(=O)Nc2nccs2)cc1. The fraction of sp³-hybridized carbons (Fsp3) is 0.389. The van der Waals surface area contributed by atoms with E-state index in [9.17, 15) is 9.59 Å². The molecule has 0 saturated heterocycles. The molecule has 1 aromatic carbocycles. The van der Waals surface area contributed by atoms with Crippen molar-refractivity contribution < 1.29 is 14.3 Å². The molecule has 2 amide bonds. The molecule has 0 atom stereocenters. The average molecular weight is 361 g/mol. The number of methoxy groups -OCH3 is 1. The molecule has 6 nitrogen and oxygen atoms in total. The molecule has 7 heteroatoms. The molecule has 2 aromatic rings. The maximum Gasteiger partial charge on any atom is 0.254 e. The van der Waals surface area contributed by atoms with Gasteiger partial charge < -0.3 is 15.0 Å². The Morgan fingerprint density at radius 1 is 1.28 bits per heavy atom. The number of hydrogen-bond donors (Lipinski definition) is 1. The Balaban J connectivity index is 2.07. The molecule has 0 aliphatic heterocycles. The number of aromatic nitrogens is 1. The van der Waals surface area contributed by atoms with Crippen LogP contribution < -0.4 is 10.1 Å². The quantitative estimate of drug-likeness (QED) is 0.783. The van der Waals surface area contributed by atoms with Crippen LogP contribution in [0.15, 0.2) is 35.8 Å². The normalized spacial score (nSPS) is 10.6. The topological polar surface area (TPSA) is 71.5 Å². The van der Waals surface area contributed by atoms with E-state index in [1.54, 1.807) is 47.9 Å². The van der Waals surface area contributed by atoms with E-state index in [0.29, 0.717) is 28.9 Å². The number of ether oxygens (including phenoxy) is 1. The van der Waals surface area contributed by atoms with Gasteiger partial charge in [0.2, 0.25) is 5.91 Å². The van der Waals surface area contributed by atoms with Crippen LogP contribution in [0.5, 0.6) is 5.75 Å². The summed E-state index contributed by atoms with van der Waals surface area (Å²) in [5.74, 6) is 0.707. The summed E-state index contributed by atoms with van der Waals surface area (Å²) in [6.07, 6.45) is 2.45. The first-order chi connectivity index (χ1) is 12.0. The minimum Gasteiger partial charge on any atom is -0.497 e. The second kappa shape index (κ2) is 9.17. The van der Waals surface area contributed by atoms with E-state index in [2.05, 4.69) is 24.1 Å². The van der Waals surface area contributed by atoms with Crippen molar-refractivity contribution in [2.24, 2.45) is 5.92 Å². The number of hydrogen-bond acceptors (Lipinski definition) is 5. The number of nitrogens with one attached hydrogen (secondary N) is 1. The highest BCUT2D eigenvalue weighted by Crippen LogP contribution is 2.15. The molecule has 1 heterocycles. The van der Waals surface area contributed by atoms with E-state index in [1.807, 2.05) is 0 Å². The molecule has 0 saturated carbocycles. The van der Waals surface area contributed by atoms with E-state index >= 15 is 0 Å². The predicted molar refractivity (Wildman–Crippen MR) is 99.1 cm³/mol. The van der Waals surface area contributed by atoms with Crippen LogP contribution >= 0.6 is 11.3 Å². The lowest BCUT2D eigenvalue weighted by molar-refractivity contribution is -0.116. The number of carbonyl (C=O) groups is 2. The lowest BCUT2D eigenvalue weighted by Gasteiger charge is -2.23. The third-order valence-electron chi connectivity index (χ3n) is 3.61. The van der Waals surface area contributed by atoms with Gasteiger partial charge in [0, 0.05) is 23.7 Å². The lowest BCUT2D eigenvalue weighted by atomic mass is 10.1. The molecule has 134 valence electrons. The highest BCUT2D eigenvalue weighted by Gasteiger charge is 2.19. The van der Waals surface area contributed by atoms with Gasteiger partial charge >= 0.3 is 0 Å². The van der Waals surface area contributed by atoms with E-state index < -0.39 is 0 Å². The standard InChI is InChI=1S/C18H23N3O3S/c1-13(2)8-10-21(12-16(22)20-18-19-9-11-25-18)17(23)14-4-6-15(24-3)7-5-14/h4-7,9,11,13H,8,10,12H2,1-3H3,(H,19,20,22). The molecule has 25 heavy (non-hydrogen) atoms. The summed E-state index contributed by atoms with van der Waals surface area (Å²) in [7, 11) is 1.58. The van der Waals surface area contributed by atoms with Crippen LogP contribution in [-0.2, 0) is 4.79 Å². The monoisotopic (exact) mass is 361 g/mol. The highest BCUT2D eigenvalue weighted by atomic mass is 32.1. The van der Waals surface area contributed by atoms with Crippen LogP contribution in [0.25, 0.3) is 0 Å².